The third kappa shape index (κ3) is 2.80. The average molecular weight is 206 g/mol. The number of aliphatic hydroxyl groups excluding tert-OH is 1. The Morgan fingerprint density at radius 1 is 1.47 bits per heavy atom. The monoisotopic (exact) mass is 206 g/mol. The van der Waals surface area contributed by atoms with E-state index in [0.29, 0.717) is 13.2 Å². The zero-order valence-electron chi connectivity index (χ0n) is 9.15. The van der Waals surface area contributed by atoms with Gasteiger partial charge < -0.3 is 9.84 Å². The summed E-state index contributed by atoms with van der Waals surface area (Å²) >= 11 is 0. The van der Waals surface area contributed by atoms with Gasteiger partial charge in [-0.25, -0.2) is 0 Å². The lowest BCUT2D eigenvalue weighted by Crippen LogP contribution is -2.33. The summed E-state index contributed by atoms with van der Waals surface area (Å²) in [6, 6.07) is 8.47. The second-order valence-corrected chi connectivity index (χ2v) is 4.38. The van der Waals surface area contributed by atoms with E-state index in [9.17, 15) is 5.11 Å². The summed E-state index contributed by atoms with van der Waals surface area (Å²) in [6.45, 7) is 3.48. The SMILES string of the molecule is Cc1cccc(CC2COCCC2O)c1. The Morgan fingerprint density at radius 2 is 2.33 bits per heavy atom. The second-order valence-electron chi connectivity index (χ2n) is 4.38. The number of hydrogen-bond donors (Lipinski definition) is 1. The predicted molar refractivity (Wildman–Crippen MR) is 59.8 cm³/mol. The first-order valence-corrected chi connectivity index (χ1v) is 5.57. The predicted octanol–water partition coefficient (Wildman–Crippen LogP) is 1.93. The fourth-order valence-corrected chi connectivity index (χ4v) is 2.12. The molecule has 1 aliphatic rings. The van der Waals surface area contributed by atoms with Crippen LogP contribution < -0.4 is 0 Å². The summed E-state index contributed by atoms with van der Waals surface area (Å²) in [5.74, 6) is 0.264. The average Bonchev–Trinajstić information content (AvgIpc) is 2.22. The molecule has 2 nitrogen and oxygen atoms in total. The van der Waals surface area contributed by atoms with E-state index in [-0.39, 0.29) is 12.0 Å². The summed E-state index contributed by atoms with van der Waals surface area (Å²) in [4.78, 5) is 0. The lowest BCUT2D eigenvalue weighted by atomic mass is 9.91. The molecule has 1 aromatic rings. The third-order valence-corrected chi connectivity index (χ3v) is 3.01. The van der Waals surface area contributed by atoms with Crippen molar-refractivity contribution in [3.8, 4) is 0 Å². The number of rotatable bonds is 2. The van der Waals surface area contributed by atoms with Crippen molar-refractivity contribution in [3.05, 3.63) is 35.4 Å². The van der Waals surface area contributed by atoms with Gasteiger partial charge in [-0.3, -0.25) is 0 Å². The Kier molecular flexibility index (Phi) is 3.39. The molecule has 0 amide bonds. The number of aliphatic hydroxyl groups is 1. The highest BCUT2D eigenvalue weighted by Crippen LogP contribution is 2.19. The Morgan fingerprint density at radius 3 is 3.07 bits per heavy atom. The minimum absolute atomic E-state index is 0.195. The van der Waals surface area contributed by atoms with Gasteiger partial charge >= 0.3 is 0 Å². The Balaban J connectivity index is 2.01. The Hall–Kier alpha value is -0.860. The van der Waals surface area contributed by atoms with Gasteiger partial charge in [0, 0.05) is 12.5 Å². The van der Waals surface area contributed by atoms with E-state index >= 15 is 0 Å². The van der Waals surface area contributed by atoms with Gasteiger partial charge in [0.2, 0.25) is 0 Å². The smallest absolute Gasteiger partial charge is 0.0615 e. The van der Waals surface area contributed by atoms with Crippen LogP contribution in [0.5, 0.6) is 0 Å². The fourth-order valence-electron chi connectivity index (χ4n) is 2.12. The molecule has 15 heavy (non-hydrogen) atoms. The first-order chi connectivity index (χ1) is 7.25. The summed E-state index contributed by atoms with van der Waals surface area (Å²) < 4.78 is 5.39. The summed E-state index contributed by atoms with van der Waals surface area (Å²) in [7, 11) is 0. The minimum Gasteiger partial charge on any atom is -0.393 e. The molecule has 0 spiro atoms. The van der Waals surface area contributed by atoms with Gasteiger partial charge in [-0.05, 0) is 25.3 Å². The quantitative estimate of drug-likeness (QED) is 0.801. The van der Waals surface area contributed by atoms with Crippen LogP contribution in [-0.2, 0) is 11.2 Å². The highest BCUT2D eigenvalue weighted by Gasteiger charge is 2.23. The molecule has 0 aliphatic carbocycles. The van der Waals surface area contributed by atoms with Gasteiger partial charge in [0.15, 0.2) is 0 Å². The molecule has 1 heterocycles. The van der Waals surface area contributed by atoms with Crippen molar-refractivity contribution in [1.82, 2.24) is 0 Å². The fraction of sp³-hybridized carbons (Fsp3) is 0.538. The molecule has 0 radical (unpaired) electrons. The molecule has 82 valence electrons. The zero-order valence-corrected chi connectivity index (χ0v) is 9.15. The maximum absolute atomic E-state index is 9.82. The highest BCUT2D eigenvalue weighted by molar-refractivity contribution is 5.22. The van der Waals surface area contributed by atoms with Crippen LogP contribution in [0.25, 0.3) is 0 Å². The third-order valence-electron chi connectivity index (χ3n) is 3.01. The molecule has 1 aliphatic heterocycles. The van der Waals surface area contributed by atoms with Gasteiger partial charge in [0.1, 0.15) is 0 Å². The van der Waals surface area contributed by atoms with E-state index in [1.165, 1.54) is 11.1 Å². The molecule has 0 aromatic heterocycles. The lowest BCUT2D eigenvalue weighted by molar-refractivity contribution is -0.0350. The van der Waals surface area contributed by atoms with Crippen LogP contribution in [0.2, 0.25) is 0 Å². The summed E-state index contributed by atoms with van der Waals surface area (Å²) in [5.41, 5.74) is 2.57. The van der Waals surface area contributed by atoms with E-state index in [1.54, 1.807) is 0 Å². The molecule has 1 saturated heterocycles. The van der Waals surface area contributed by atoms with E-state index in [1.807, 2.05) is 0 Å². The van der Waals surface area contributed by atoms with Gasteiger partial charge in [0.05, 0.1) is 12.7 Å². The molecule has 2 atom stereocenters. The van der Waals surface area contributed by atoms with Gasteiger partial charge in [-0.2, -0.15) is 0 Å². The summed E-state index contributed by atoms with van der Waals surface area (Å²) in [5, 5.41) is 9.82. The van der Waals surface area contributed by atoms with Gasteiger partial charge in [0.25, 0.3) is 0 Å². The van der Waals surface area contributed by atoms with Crippen LogP contribution in [0, 0.1) is 12.8 Å². The number of aryl methyl sites for hydroxylation is 1. The molecule has 1 N–H and O–H groups in total. The van der Waals surface area contributed by atoms with E-state index in [2.05, 4.69) is 31.2 Å². The largest absolute Gasteiger partial charge is 0.393 e. The number of benzene rings is 1. The molecule has 0 bridgehead atoms. The maximum Gasteiger partial charge on any atom is 0.0615 e. The molecule has 2 heteroatoms. The van der Waals surface area contributed by atoms with Crippen LogP contribution >= 0.6 is 0 Å². The molecule has 1 fully saturated rings. The standard InChI is InChI=1S/C13H18O2/c1-10-3-2-4-11(7-10)8-12-9-15-6-5-13(12)14/h2-4,7,12-14H,5-6,8-9H2,1H3. The van der Waals surface area contributed by atoms with E-state index < -0.39 is 0 Å². The van der Waals surface area contributed by atoms with Crippen LogP contribution in [0.1, 0.15) is 17.5 Å². The summed E-state index contributed by atoms with van der Waals surface area (Å²) in [6.07, 6.45) is 1.50. The maximum atomic E-state index is 9.82. The van der Waals surface area contributed by atoms with Crippen molar-refractivity contribution in [3.63, 3.8) is 0 Å². The van der Waals surface area contributed by atoms with Crippen molar-refractivity contribution >= 4 is 0 Å². The van der Waals surface area contributed by atoms with Crippen molar-refractivity contribution in [2.75, 3.05) is 13.2 Å². The number of hydrogen-bond acceptors (Lipinski definition) is 2. The molecule has 0 saturated carbocycles. The topological polar surface area (TPSA) is 29.5 Å². The second kappa shape index (κ2) is 4.77. The molecule has 2 rings (SSSR count). The van der Waals surface area contributed by atoms with E-state index in [0.717, 1.165) is 12.8 Å². The molecular weight excluding hydrogens is 188 g/mol. The van der Waals surface area contributed by atoms with Crippen LogP contribution in [0.15, 0.2) is 24.3 Å². The van der Waals surface area contributed by atoms with Gasteiger partial charge in [-0.1, -0.05) is 29.8 Å². The minimum atomic E-state index is -0.195. The Labute approximate surface area is 90.9 Å². The Bertz CT molecular complexity index is 322. The normalized spacial score (nSPS) is 26.5. The molecular formula is C13H18O2. The van der Waals surface area contributed by atoms with Crippen molar-refractivity contribution in [2.24, 2.45) is 5.92 Å². The molecule has 1 aromatic carbocycles. The van der Waals surface area contributed by atoms with Crippen molar-refractivity contribution in [1.29, 1.82) is 0 Å². The first-order valence-electron chi connectivity index (χ1n) is 5.57. The van der Waals surface area contributed by atoms with Crippen LogP contribution in [0.3, 0.4) is 0 Å². The first kappa shape index (κ1) is 10.7. The highest BCUT2D eigenvalue weighted by atomic mass is 16.5. The van der Waals surface area contributed by atoms with E-state index in [4.69, 9.17) is 4.74 Å². The molecule has 2 unspecified atom stereocenters. The lowest BCUT2D eigenvalue weighted by Gasteiger charge is -2.27. The van der Waals surface area contributed by atoms with Crippen LogP contribution in [-0.4, -0.2) is 24.4 Å². The van der Waals surface area contributed by atoms with Gasteiger partial charge in [-0.15, -0.1) is 0 Å². The zero-order chi connectivity index (χ0) is 10.7. The van der Waals surface area contributed by atoms with Crippen molar-refractivity contribution in [2.45, 2.75) is 25.9 Å². The number of ether oxygens (including phenoxy) is 1. The van der Waals surface area contributed by atoms with Crippen LogP contribution in [0.4, 0.5) is 0 Å². The van der Waals surface area contributed by atoms with Crippen molar-refractivity contribution < 1.29 is 9.84 Å².